The summed E-state index contributed by atoms with van der Waals surface area (Å²) in [6.07, 6.45) is 1.77. The number of hydrogen-bond donors (Lipinski definition) is 6. The molecule has 1 aliphatic heterocycles. The van der Waals surface area contributed by atoms with Gasteiger partial charge in [-0.1, -0.05) is 45.9 Å². The minimum atomic E-state index is -1.25. The Bertz CT molecular complexity index is 1460. The third-order valence-electron chi connectivity index (χ3n) is 7.76. The highest BCUT2D eigenvalue weighted by Gasteiger charge is 2.35. The number of ether oxygens (including phenoxy) is 1. The van der Waals surface area contributed by atoms with Crippen LogP contribution in [0.2, 0.25) is 0 Å². The van der Waals surface area contributed by atoms with Crippen LogP contribution in [0.5, 0.6) is 0 Å². The molecular formula is C34H50N6O7. The summed E-state index contributed by atoms with van der Waals surface area (Å²) in [7, 11) is 0. The zero-order valence-electron chi connectivity index (χ0n) is 28.6. The fourth-order valence-corrected chi connectivity index (χ4v) is 5.36. The Balaban J connectivity index is 2.04. The average molecular weight is 655 g/mol. The first-order valence-corrected chi connectivity index (χ1v) is 16.2. The van der Waals surface area contributed by atoms with E-state index >= 15 is 0 Å². The molecule has 1 aliphatic rings. The molecule has 13 nitrogen and oxygen atoms in total. The highest BCUT2D eigenvalue weighted by Crippen LogP contribution is 2.20. The maximum absolute atomic E-state index is 14.0. The first kappa shape index (κ1) is 37.0. The van der Waals surface area contributed by atoms with Crippen LogP contribution in [0, 0.1) is 11.8 Å². The second kappa shape index (κ2) is 15.9. The maximum atomic E-state index is 14.0. The van der Waals surface area contributed by atoms with Crippen molar-refractivity contribution < 1.29 is 33.5 Å². The summed E-state index contributed by atoms with van der Waals surface area (Å²) in [5.41, 5.74) is 0.842. The van der Waals surface area contributed by atoms with Gasteiger partial charge in [-0.05, 0) is 64.0 Å². The number of rotatable bonds is 8. The molecule has 2 heterocycles. The smallest absolute Gasteiger partial charge is 0.306 e. The summed E-state index contributed by atoms with van der Waals surface area (Å²) in [5, 5.41) is 14.5. The van der Waals surface area contributed by atoms with E-state index in [1.165, 1.54) is 6.92 Å². The minimum absolute atomic E-state index is 0.000182. The average Bonchev–Trinajstić information content (AvgIpc) is 3.37. The fourth-order valence-electron chi connectivity index (χ4n) is 5.36. The summed E-state index contributed by atoms with van der Waals surface area (Å²) in [6.45, 7) is 13.9. The Kier molecular flexibility index (Phi) is 12.5. The van der Waals surface area contributed by atoms with Gasteiger partial charge in [0.2, 0.25) is 29.5 Å². The van der Waals surface area contributed by atoms with E-state index < -0.39 is 71.3 Å². The number of benzene rings is 1. The lowest BCUT2D eigenvalue weighted by molar-refractivity contribution is -0.155. The summed E-state index contributed by atoms with van der Waals surface area (Å²) in [4.78, 5) is 83.7. The molecule has 258 valence electrons. The molecule has 47 heavy (non-hydrogen) atoms. The molecule has 2 aromatic rings. The zero-order chi connectivity index (χ0) is 35.1. The van der Waals surface area contributed by atoms with Crippen molar-refractivity contribution in [1.29, 1.82) is 0 Å². The van der Waals surface area contributed by atoms with Crippen molar-refractivity contribution in [2.75, 3.05) is 0 Å². The van der Waals surface area contributed by atoms with E-state index in [4.69, 9.17) is 4.74 Å². The summed E-state index contributed by atoms with van der Waals surface area (Å²) < 4.78 is 5.40. The van der Waals surface area contributed by atoms with E-state index in [1.54, 1.807) is 40.8 Å². The highest BCUT2D eigenvalue weighted by atomic mass is 16.6. The van der Waals surface area contributed by atoms with Gasteiger partial charge >= 0.3 is 5.97 Å². The Morgan fingerprint density at radius 1 is 0.787 bits per heavy atom. The third-order valence-corrected chi connectivity index (χ3v) is 7.76. The van der Waals surface area contributed by atoms with Crippen molar-refractivity contribution in [2.45, 2.75) is 117 Å². The van der Waals surface area contributed by atoms with Gasteiger partial charge in [-0.15, -0.1) is 0 Å². The molecule has 6 N–H and O–H groups in total. The van der Waals surface area contributed by atoms with Gasteiger partial charge in [-0.3, -0.25) is 28.8 Å². The van der Waals surface area contributed by atoms with Crippen molar-refractivity contribution in [2.24, 2.45) is 11.8 Å². The molecule has 5 atom stereocenters. The number of esters is 1. The second-order valence-electron chi connectivity index (χ2n) is 14.0. The van der Waals surface area contributed by atoms with Crippen LogP contribution in [-0.4, -0.2) is 76.3 Å². The van der Waals surface area contributed by atoms with Gasteiger partial charge in [0.15, 0.2) is 0 Å². The van der Waals surface area contributed by atoms with Crippen LogP contribution in [0.4, 0.5) is 0 Å². The molecular weight excluding hydrogens is 604 g/mol. The molecule has 3 rings (SSSR count). The van der Waals surface area contributed by atoms with E-state index in [0.29, 0.717) is 0 Å². The van der Waals surface area contributed by atoms with E-state index in [9.17, 15) is 28.8 Å². The predicted molar refractivity (Wildman–Crippen MR) is 177 cm³/mol. The monoisotopic (exact) mass is 654 g/mol. The van der Waals surface area contributed by atoms with E-state index in [1.807, 2.05) is 38.1 Å². The van der Waals surface area contributed by atoms with Gasteiger partial charge < -0.3 is 36.3 Å². The molecule has 1 saturated heterocycles. The van der Waals surface area contributed by atoms with Gasteiger partial charge in [0.05, 0.1) is 0 Å². The van der Waals surface area contributed by atoms with Gasteiger partial charge in [0.1, 0.15) is 35.8 Å². The Morgan fingerprint density at radius 3 is 2.02 bits per heavy atom. The number of carbonyl (C=O) groups excluding carboxylic acids is 6. The number of para-hydroxylation sites is 1. The van der Waals surface area contributed by atoms with Crippen molar-refractivity contribution in [3.63, 3.8) is 0 Å². The third kappa shape index (κ3) is 10.8. The van der Waals surface area contributed by atoms with Crippen molar-refractivity contribution in [3.05, 3.63) is 36.0 Å². The van der Waals surface area contributed by atoms with Crippen LogP contribution in [0.3, 0.4) is 0 Å². The highest BCUT2D eigenvalue weighted by molar-refractivity contribution is 5.98. The molecule has 0 unspecified atom stereocenters. The predicted octanol–water partition coefficient (Wildman–Crippen LogP) is 1.99. The molecule has 1 fully saturated rings. The molecule has 1 aromatic heterocycles. The number of carbonyl (C=O) groups is 6. The second-order valence-corrected chi connectivity index (χ2v) is 14.0. The van der Waals surface area contributed by atoms with Crippen LogP contribution in [0.15, 0.2) is 30.5 Å². The van der Waals surface area contributed by atoms with Crippen LogP contribution >= 0.6 is 0 Å². The first-order chi connectivity index (χ1) is 21.9. The van der Waals surface area contributed by atoms with E-state index in [2.05, 4.69) is 31.6 Å². The van der Waals surface area contributed by atoms with Gasteiger partial charge in [-0.2, -0.15) is 0 Å². The number of nitrogens with one attached hydrogen (secondary N) is 6. The van der Waals surface area contributed by atoms with Gasteiger partial charge in [-0.25, -0.2) is 0 Å². The lowest BCUT2D eigenvalue weighted by atomic mass is 9.98. The van der Waals surface area contributed by atoms with E-state index in [0.717, 1.165) is 16.5 Å². The summed E-state index contributed by atoms with van der Waals surface area (Å²) in [6, 6.07) is 2.02. The molecule has 0 radical (unpaired) electrons. The van der Waals surface area contributed by atoms with Crippen LogP contribution in [-0.2, 0) is 39.9 Å². The van der Waals surface area contributed by atoms with Gasteiger partial charge in [0.25, 0.3) is 0 Å². The number of aromatic amines is 1. The molecule has 1 aromatic carbocycles. The molecule has 0 spiro atoms. The topological polar surface area (TPSA) is 188 Å². The van der Waals surface area contributed by atoms with Crippen molar-refractivity contribution >= 4 is 46.4 Å². The lowest BCUT2D eigenvalue weighted by Crippen LogP contribution is -2.59. The quantitative estimate of drug-likeness (QED) is 0.235. The normalized spacial score (nSPS) is 23.7. The Labute approximate surface area is 276 Å². The molecule has 0 saturated carbocycles. The van der Waals surface area contributed by atoms with Crippen molar-refractivity contribution in [1.82, 2.24) is 31.6 Å². The number of H-pyrrole nitrogens is 1. The number of aromatic nitrogens is 1. The summed E-state index contributed by atoms with van der Waals surface area (Å²) in [5.74, 6) is -4.06. The van der Waals surface area contributed by atoms with Crippen LogP contribution in [0.1, 0.15) is 80.2 Å². The Hall–Kier alpha value is -4.42. The first-order valence-electron chi connectivity index (χ1n) is 16.2. The van der Waals surface area contributed by atoms with Gasteiger partial charge in [0, 0.05) is 29.9 Å². The maximum Gasteiger partial charge on any atom is 0.306 e. The minimum Gasteiger partial charge on any atom is -0.460 e. The molecule has 0 bridgehead atoms. The van der Waals surface area contributed by atoms with Crippen molar-refractivity contribution in [3.8, 4) is 0 Å². The molecule has 5 amide bonds. The molecule has 13 heteroatoms. The summed E-state index contributed by atoms with van der Waals surface area (Å²) >= 11 is 0. The standard InChI is InChI=1S/C34H50N6O7/c1-18(2)15-25-31(44)38-26(16-21-17-35-23-12-10-9-11-22(21)23)32(45)37-24(13-14-27(41)47-34(6,7)8)30(43)36-20(5)29(42)40-28(19(3)4)33(46)39-25/h9-12,17-20,24-26,28,35H,13-16H2,1-8H3,(H,36,43)(H,37,45)(H,38,44)(H,39,46)(H,40,42)/t20-,24-,25-,26+,28+/m0/s1. The molecule has 0 aliphatic carbocycles. The largest absolute Gasteiger partial charge is 0.460 e. The van der Waals surface area contributed by atoms with Crippen LogP contribution < -0.4 is 26.6 Å². The Morgan fingerprint density at radius 2 is 1.38 bits per heavy atom. The lowest BCUT2D eigenvalue weighted by Gasteiger charge is -2.27. The van der Waals surface area contributed by atoms with E-state index in [-0.39, 0.29) is 37.5 Å². The SMILES string of the molecule is CC(C)C[C@@H]1NC(=O)[C@@H](C(C)C)NC(=O)[C@H](C)NC(=O)[C@H](CCC(=O)OC(C)(C)C)NC(=O)[C@@H](Cc2c[nH]c3ccccc23)NC1=O. The number of amides is 5. The van der Waals surface area contributed by atoms with Crippen LogP contribution in [0.25, 0.3) is 10.9 Å². The zero-order valence-corrected chi connectivity index (χ0v) is 28.6. The fraction of sp³-hybridized carbons (Fsp3) is 0.588. The number of hydrogen-bond acceptors (Lipinski definition) is 7. The number of fused-ring (bicyclic) bond motifs is 1.